The zero-order chi connectivity index (χ0) is 13.2. The van der Waals surface area contributed by atoms with Crippen molar-refractivity contribution in [1.29, 1.82) is 0 Å². The molecule has 0 spiro atoms. The van der Waals surface area contributed by atoms with Gasteiger partial charge in [-0.3, -0.25) is 0 Å². The quantitative estimate of drug-likeness (QED) is 0.613. The molecule has 0 atom stereocenters. The topological polar surface area (TPSA) is 12.9 Å². The molecule has 4 heteroatoms. The average molecular weight is 334 g/mol. The van der Waals surface area contributed by atoms with E-state index in [0.717, 1.165) is 15.7 Å². The van der Waals surface area contributed by atoms with Gasteiger partial charge in [0.05, 0.1) is 5.69 Å². The minimum Gasteiger partial charge on any atom is -0.236 e. The van der Waals surface area contributed by atoms with Gasteiger partial charge in [0.25, 0.3) is 0 Å². The number of benzene rings is 2. The summed E-state index contributed by atoms with van der Waals surface area (Å²) in [6.45, 7) is 0. The molecule has 1 heterocycles. The lowest BCUT2D eigenvalue weighted by Gasteiger charge is -2.00. The Balaban J connectivity index is 2.06. The molecule has 0 radical (unpaired) electrons. The molecular weight excluding hydrogens is 325 g/mol. The van der Waals surface area contributed by atoms with Crippen LogP contribution >= 0.6 is 27.3 Å². The van der Waals surface area contributed by atoms with Crippen molar-refractivity contribution in [3.63, 3.8) is 0 Å². The molecule has 0 saturated heterocycles. The first-order chi connectivity index (χ1) is 9.25. The van der Waals surface area contributed by atoms with Gasteiger partial charge in [-0.15, -0.1) is 11.3 Å². The van der Waals surface area contributed by atoms with Crippen molar-refractivity contribution in [3.05, 3.63) is 64.2 Å². The van der Waals surface area contributed by atoms with Gasteiger partial charge < -0.3 is 0 Å². The second kappa shape index (κ2) is 5.23. The first kappa shape index (κ1) is 12.5. The van der Waals surface area contributed by atoms with E-state index in [0.29, 0.717) is 10.6 Å². The van der Waals surface area contributed by atoms with Gasteiger partial charge in [0.15, 0.2) is 0 Å². The Morgan fingerprint density at radius 1 is 0.947 bits per heavy atom. The maximum Gasteiger partial charge on any atom is 0.133 e. The van der Waals surface area contributed by atoms with Gasteiger partial charge in [-0.2, -0.15) is 0 Å². The third kappa shape index (κ3) is 2.46. The van der Waals surface area contributed by atoms with Crippen LogP contribution in [0.15, 0.2) is 58.4 Å². The van der Waals surface area contributed by atoms with Crippen LogP contribution in [0.1, 0.15) is 0 Å². The Bertz CT molecular complexity index is 663. The fraction of sp³-hybridized carbons (Fsp3) is 0. The monoisotopic (exact) mass is 333 g/mol. The van der Waals surface area contributed by atoms with Gasteiger partial charge in [-0.25, -0.2) is 9.37 Å². The van der Waals surface area contributed by atoms with Gasteiger partial charge >= 0.3 is 0 Å². The molecule has 0 saturated carbocycles. The van der Waals surface area contributed by atoms with Crippen LogP contribution in [0.25, 0.3) is 21.8 Å². The molecule has 0 aliphatic carbocycles. The van der Waals surface area contributed by atoms with Gasteiger partial charge in [0, 0.05) is 21.0 Å². The van der Waals surface area contributed by atoms with Crippen LogP contribution in [0, 0.1) is 5.82 Å². The second-order valence-electron chi connectivity index (χ2n) is 4.00. The van der Waals surface area contributed by atoms with Crippen molar-refractivity contribution >= 4 is 27.3 Å². The summed E-state index contributed by atoms with van der Waals surface area (Å²) in [6.07, 6.45) is 0. The number of aromatic nitrogens is 1. The number of hydrogen-bond donors (Lipinski definition) is 0. The van der Waals surface area contributed by atoms with Crippen LogP contribution < -0.4 is 0 Å². The third-order valence-corrected chi connectivity index (χ3v) is 4.33. The van der Waals surface area contributed by atoms with Crippen molar-refractivity contribution in [2.24, 2.45) is 0 Å². The van der Waals surface area contributed by atoms with Gasteiger partial charge in [-0.05, 0) is 18.2 Å². The molecule has 1 aromatic heterocycles. The Labute approximate surface area is 122 Å². The highest BCUT2D eigenvalue weighted by Crippen LogP contribution is 2.33. The fourth-order valence-electron chi connectivity index (χ4n) is 1.82. The molecule has 0 fully saturated rings. The summed E-state index contributed by atoms with van der Waals surface area (Å²) in [5, 5.41) is 2.64. The van der Waals surface area contributed by atoms with Gasteiger partial charge in [0.1, 0.15) is 10.8 Å². The molecule has 0 aliphatic heterocycles. The van der Waals surface area contributed by atoms with E-state index in [9.17, 15) is 4.39 Å². The van der Waals surface area contributed by atoms with Crippen molar-refractivity contribution in [3.8, 4) is 21.8 Å². The summed E-state index contributed by atoms with van der Waals surface area (Å²) >= 11 is 4.95. The van der Waals surface area contributed by atoms with E-state index >= 15 is 0 Å². The smallest absolute Gasteiger partial charge is 0.133 e. The summed E-state index contributed by atoms with van der Waals surface area (Å²) in [5.41, 5.74) is 2.42. The first-order valence-electron chi connectivity index (χ1n) is 5.71. The molecule has 0 unspecified atom stereocenters. The minimum absolute atomic E-state index is 0.240. The number of nitrogens with zero attached hydrogens (tertiary/aromatic N) is 1. The van der Waals surface area contributed by atoms with Crippen LogP contribution in [0.3, 0.4) is 0 Å². The van der Waals surface area contributed by atoms with Crippen molar-refractivity contribution in [2.45, 2.75) is 0 Å². The van der Waals surface area contributed by atoms with E-state index in [2.05, 4.69) is 20.9 Å². The summed E-state index contributed by atoms with van der Waals surface area (Å²) in [6, 6.07) is 14.6. The lowest BCUT2D eigenvalue weighted by atomic mass is 10.2. The van der Waals surface area contributed by atoms with Crippen LogP contribution in [0.4, 0.5) is 4.39 Å². The molecule has 0 amide bonds. The van der Waals surface area contributed by atoms with Crippen molar-refractivity contribution in [2.75, 3.05) is 0 Å². The van der Waals surface area contributed by atoms with Crippen LogP contribution in [0.2, 0.25) is 0 Å². The van der Waals surface area contributed by atoms with Crippen LogP contribution in [0.5, 0.6) is 0 Å². The molecule has 0 aliphatic rings. The van der Waals surface area contributed by atoms with E-state index in [4.69, 9.17) is 0 Å². The number of thiazole rings is 1. The van der Waals surface area contributed by atoms with Gasteiger partial charge in [-0.1, -0.05) is 46.3 Å². The molecule has 19 heavy (non-hydrogen) atoms. The number of rotatable bonds is 2. The van der Waals surface area contributed by atoms with Crippen LogP contribution in [-0.4, -0.2) is 4.98 Å². The van der Waals surface area contributed by atoms with Crippen molar-refractivity contribution < 1.29 is 4.39 Å². The highest BCUT2D eigenvalue weighted by atomic mass is 79.9. The molecular formula is C15H9BrFNS. The summed E-state index contributed by atoms with van der Waals surface area (Å²) in [4.78, 5) is 4.52. The largest absolute Gasteiger partial charge is 0.236 e. The molecule has 1 nitrogen and oxygen atoms in total. The maximum absolute atomic E-state index is 13.7. The summed E-state index contributed by atoms with van der Waals surface area (Å²) in [7, 11) is 0. The van der Waals surface area contributed by atoms with Gasteiger partial charge in [0.2, 0.25) is 0 Å². The van der Waals surface area contributed by atoms with E-state index in [1.807, 2.05) is 35.7 Å². The Morgan fingerprint density at radius 2 is 1.63 bits per heavy atom. The SMILES string of the molecule is Fc1ccccc1-c1nc(-c2ccccc2Br)cs1. The minimum atomic E-state index is -0.240. The Hall–Kier alpha value is -1.52. The molecule has 0 bridgehead atoms. The zero-order valence-corrected chi connectivity index (χ0v) is 12.2. The average Bonchev–Trinajstić information content (AvgIpc) is 2.89. The van der Waals surface area contributed by atoms with E-state index in [1.54, 1.807) is 12.1 Å². The predicted molar refractivity (Wildman–Crippen MR) is 80.6 cm³/mol. The Kier molecular flexibility index (Phi) is 3.44. The fourth-order valence-corrected chi connectivity index (χ4v) is 3.16. The molecule has 0 N–H and O–H groups in total. The lowest BCUT2D eigenvalue weighted by Crippen LogP contribution is -1.84. The number of hydrogen-bond acceptors (Lipinski definition) is 2. The highest BCUT2D eigenvalue weighted by Gasteiger charge is 2.11. The standard InChI is InChI=1S/C15H9BrFNS/c16-12-7-3-1-5-10(12)14-9-19-15(18-14)11-6-2-4-8-13(11)17/h1-9H. The summed E-state index contributed by atoms with van der Waals surface area (Å²) < 4.78 is 14.7. The molecule has 3 aromatic rings. The Morgan fingerprint density at radius 3 is 2.37 bits per heavy atom. The molecule has 3 rings (SSSR count). The second-order valence-corrected chi connectivity index (χ2v) is 5.71. The number of halogens is 2. The van der Waals surface area contributed by atoms with Crippen molar-refractivity contribution in [1.82, 2.24) is 4.98 Å². The van der Waals surface area contributed by atoms with E-state index < -0.39 is 0 Å². The maximum atomic E-state index is 13.7. The zero-order valence-electron chi connectivity index (χ0n) is 9.81. The first-order valence-corrected chi connectivity index (χ1v) is 7.38. The summed E-state index contributed by atoms with van der Waals surface area (Å²) in [5.74, 6) is -0.240. The van der Waals surface area contributed by atoms with Crippen LogP contribution in [-0.2, 0) is 0 Å². The highest BCUT2D eigenvalue weighted by molar-refractivity contribution is 9.10. The van der Waals surface area contributed by atoms with E-state index in [1.165, 1.54) is 17.4 Å². The lowest BCUT2D eigenvalue weighted by molar-refractivity contribution is 0.631. The molecule has 94 valence electrons. The third-order valence-electron chi connectivity index (χ3n) is 2.76. The molecule has 2 aromatic carbocycles. The predicted octanol–water partition coefficient (Wildman–Crippen LogP) is 5.38. The normalized spacial score (nSPS) is 10.6. The van der Waals surface area contributed by atoms with E-state index in [-0.39, 0.29) is 5.82 Å².